The molecule has 1 aromatic heterocycles. The Morgan fingerprint density at radius 2 is 2.04 bits per heavy atom. The Hall–Kier alpha value is -3.55. The molecule has 1 amide bonds. The van der Waals surface area contributed by atoms with Crippen molar-refractivity contribution in [3.8, 4) is 17.2 Å². The van der Waals surface area contributed by atoms with E-state index in [0.29, 0.717) is 34.2 Å². The summed E-state index contributed by atoms with van der Waals surface area (Å²) in [5.41, 5.74) is 2.43. The lowest BCUT2D eigenvalue weighted by molar-refractivity contribution is 0.102. The molecule has 4 rings (SSSR count). The minimum absolute atomic E-state index is 0.0933. The van der Waals surface area contributed by atoms with Crippen molar-refractivity contribution in [3.05, 3.63) is 65.2 Å². The first-order valence-corrected chi connectivity index (χ1v) is 8.64. The zero-order valence-corrected chi connectivity index (χ0v) is 15.4. The van der Waals surface area contributed by atoms with Crippen molar-refractivity contribution >= 4 is 11.6 Å². The predicted octanol–water partition coefficient (Wildman–Crippen LogP) is 3.66. The number of carbonyl (C=O) groups excluding carboxylic acids is 1. The number of benzene rings is 2. The number of ether oxygens (including phenoxy) is 3. The summed E-state index contributed by atoms with van der Waals surface area (Å²) in [7, 11) is 0. The summed E-state index contributed by atoms with van der Waals surface area (Å²) in [5.74, 6) is 0.905. The van der Waals surface area contributed by atoms with E-state index in [9.17, 15) is 9.18 Å². The smallest absolute Gasteiger partial charge is 0.255 e. The summed E-state index contributed by atoms with van der Waals surface area (Å²) >= 11 is 0. The second-order valence-electron chi connectivity index (χ2n) is 6.30. The average molecular weight is 383 g/mol. The van der Waals surface area contributed by atoms with Crippen LogP contribution in [0.1, 0.15) is 21.7 Å². The molecule has 0 saturated heterocycles. The highest BCUT2D eigenvalue weighted by molar-refractivity contribution is 6.05. The first kappa shape index (κ1) is 17.8. The normalized spacial score (nSPS) is 12.1. The van der Waals surface area contributed by atoms with Gasteiger partial charge in [0.2, 0.25) is 6.79 Å². The number of fused-ring (bicyclic) bond motifs is 1. The Morgan fingerprint density at radius 1 is 1.21 bits per heavy atom. The van der Waals surface area contributed by atoms with Crippen LogP contribution in [0.25, 0.3) is 0 Å². The summed E-state index contributed by atoms with van der Waals surface area (Å²) in [5, 5.41) is 7.27. The van der Waals surface area contributed by atoms with E-state index < -0.39 is 0 Å². The van der Waals surface area contributed by atoms with Crippen LogP contribution in [0.15, 0.2) is 42.5 Å². The summed E-state index contributed by atoms with van der Waals surface area (Å²) in [4.78, 5) is 12.6. The number of amides is 1. The van der Waals surface area contributed by atoms with Crippen molar-refractivity contribution in [1.82, 2.24) is 9.78 Å². The van der Waals surface area contributed by atoms with Gasteiger partial charge in [-0.15, -0.1) is 0 Å². The van der Waals surface area contributed by atoms with Crippen LogP contribution in [-0.2, 0) is 6.73 Å². The molecule has 1 aliphatic heterocycles. The Kier molecular flexibility index (Phi) is 4.60. The van der Waals surface area contributed by atoms with Crippen molar-refractivity contribution in [3.63, 3.8) is 0 Å². The highest BCUT2D eigenvalue weighted by Gasteiger charge is 2.19. The van der Waals surface area contributed by atoms with Gasteiger partial charge in [-0.3, -0.25) is 4.79 Å². The van der Waals surface area contributed by atoms with E-state index in [1.54, 1.807) is 41.9 Å². The molecule has 0 bridgehead atoms. The Morgan fingerprint density at radius 3 is 2.86 bits per heavy atom. The third-order valence-electron chi connectivity index (χ3n) is 4.40. The molecule has 0 unspecified atom stereocenters. The van der Waals surface area contributed by atoms with Crippen LogP contribution in [0.4, 0.5) is 10.1 Å². The zero-order chi connectivity index (χ0) is 19.7. The maximum Gasteiger partial charge on any atom is 0.255 e. The maximum absolute atomic E-state index is 13.3. The van der Waals surface area contributed by atoms with Gasteiger partial charge in [0.15, 0.2) is 18.2 Å². The van der Waals surface area contributed by atoms with Crippen LogP contribution in [0.3, 0.4) is 0 Å². The fraction of sp³-hybridized carbons (Fsp3) is 0.200. The highest BCUT2D eigenvalue weighted by atomic mass is 19.1. The molecule has 8 heteroatoms. The van der Waals surface area contributed by atoms with Gasteiger partial charge >= 0.3 is 0 Å². The third kappa shape index (κ3) is 3.48. The second kappa shape index (κ2) is 7.22. The molecule has 2 heterocycles. The molecule has 3 aromatic rings. The molecule has 0 spiro atoms. The van der Waals surface area contributed by atoms with Crippen molar-refractivity contribution in [2.24, 2.45) is 0 Å². The quantitative estimate of drug-likeness (QED) is 0.728. The van der Waals surface area contributed by atoms with Gasteiger partial charge in [0.1, 0.15) is 11.6 Å². The second-order valence-corrected chi connectivity index (χ2v) is 6.30. The number of aryl methyl sites for hydroxylation is 1. The predicted molar refractivity (Wildman–Crippen MR) is 99.2 cm³/mol. The van der Waals surface area contributed by atoms with Gasteiger partial charge in [-0.05, 0) is 44.2 Å². The molecule has 0 aliphatic carbocycles. The molecule has 1 N–H and O–H groups in total. The van der Waals surface area contributed by atoms with E-state index in [2.05, 4.69) is 10.4 Å². The molecule has 28 heavy (non-hydrogen) atoms. The Bertz CT molecular complexity index is 1050. The zero-order valence-electron chi connectivity index (χ0n) is 15.4. The number of halogens is 1. The van der Waals surface area contributed by atoms with E-state index in [1.165, 1.54) is 12.1 Å². The SMILES string of the molecule is Cc1nn(COc2cccc(F)c2)c(C)c1NC(=O)c1ccc2c(c1)OCO2. The molecule has 0 atom stereocenters. The lowest BCUT2D eigenvalue weighted by Gasteiger charge is -2.09. The van der Waals surface area contributed by atoms with Crippen LogP contribution in [0.2, 0.25) is 0 Å². The molecule has 144 valence electrons. The number of hydrogen-bond acceptors (Lipinski definition) is 5. The third-order valence-corrected chi connectivity index (χ3v) is 4.40. The molecule has 0 radical (unpaired) electrons. The number of nitrogens with zero attached hydrogens (tertiary/aromatic N) is 2. The number of rotatable bonds is 5. The highest BCUT2D eigenvalue weighted by Crippen LogP contribution is 2.33. The van der Waals surface area contributed by atoms with Gasteiger partial charge in [-0.25, -0.2) is 9.07 Å². The van der Waals surface area contributed by atoms with E-state index >= 15 is 0 Å². The number of carbonyl (C=O) groups is 1. The summed E-state index contributed by atoms with van der Waals surface area (Å²) in [6, 6.07) is 10.9. The van der Waals surface area contributed by atoms with E-state index in [1.807, 2.05) is 6.92 Å². The van der Waals surface area contributed by atoms with Gasteiger partial charge in [0.05, 0.1) is 17.1 Å². The summed E-state index contributed by atoms with van der Waals surface area (Å²) in [6.07, 6.45) is 0. The van der Waals surface area contributed by atoms with Crippen molar-refractivity contribution < 1.29 is 23.4 Å². The molecule has 0 fully saturated rings. The summed E-state index contributed by atoms with van der Waals surface area (Å²) < 4.78 is 31.0. The van der Waals surface area contributed by atoms with Crippen LogP contribution < -0.4 is 19.5 Å². The molecule has 2 aromatic carbocycles. The van der Waals surface area contributed by atoms with Crippen molar-refractivity contribution in [2.45, 2.75) is 20.6 Å². The van der Waals surface area contributed by atoms with Crippen LogP contribution >= 0.6 is 0 Å². The van der Waals surface area contributed by atoms with Gasteiger partial charge < -0.3 is 19.5 Å². The molecule has 1 aliphatic rings. The lowest BCUT2D eigenvalue weighted by Crippen LogP contribution is -2.14. The van der Waals surface area contributed by atoms with Crippen molar-refractivity contribution in [2.75, 3.05) is 12.1 Å². The maximum atomic E-state index is 13.3. The monoisotopic (exact) mass is 383 g/mol. The largest absolute Gasteiger partial charge is 0.471 e. The van der Waals surface area contributed by atoms with Gasteiger partial charge in [0.25, 0.3) is 5.91 Å². The molecular weight excluding hydrogens is 365 g/mol. The van der Waals surface area contributed by atoms with Crippen molar-refractivity contribution in [1.29, 1.82) is 0 Å². The Labute approximate surface area is 160 Å². The van der Waals surface area contributed by atoms with Crippen LogP contribution in [0, 0.1) is 19.7 Å². The molecule has 7 nitrogen and oxygen atoms in total. The van der Waals surface area contributed by atoms with E-state index in [-0.39, 0.29) is 25.2 Å². The minimum Gasteiger partial charge on any atom is -0.471 e. The van der Waals surface area contributed by atoms with Crippen LogP contribution in [0.5, 0.6) is 17.2 Å². The van der Waals surface area contributed by atoms with E-state index in [0.717, 1.165) is 5.69 Å². The number of anilines is 1. The molecular formula is C20H18FN3O4. The fourth-order valence-electron chi connectivity index (χ4n) is 2.92. The number of nitrogens with one attached hydrogen (secondary N) is 1. The summed E-state index contributed by atoms with van der Waals surface area (Å²) in [6.45, 7) is 3.86. The van der Waals surface area contributed by atoms with Crippen LogP contribution in [-0.4, -0.2) is 22.5 Å². The fourth-order valence-corrected chi connectivity index (χ4v) is 2.92. The van der Waals surface area contributed by atoms with Gasteiger partial charge in [0, 0.05) is 11.6 Å². The van der Waals surface area contributed by atoms with E-state index in [4.69, 9.17) is 14.2 Å². The van der Waals surface area contributed by atoms with Gasteiger partial charge in [-0.2, -0.15) is 5.10 Å². The Balaban J connectivity index is 1.48. The number of hydrogen-bond donors (Lipinski definition) is 1. The average Bonchev–Trinajstić information content (AvgIpc) is 3.25. The number of aromatic nitrogens is 2. The van der Waals surface area contributed by atoms with Gasteiger partial charge in [-0.1, -0.05) is 6.07 Å². The standard InChI is InChI=1S/C20H18FN3O4/c1-12-19(22-20(25)14-6-7-17-18(8-14)28-11-27-17)13(2)24(23-12)10-26-16-5-3-4-15(21)9-16/h3-9H,10-11H2,1-2H3,(H,22,25). The first-order chi connectivity index (χ1) is 13.5. The topological polar surface area (TPSA) is 74.6 Å². The first-order valence-electron chi connectivity index (χ1n) is 8.64. The molecule has 0 saturated carbocycles. The minimum atomic E-state index is -0.373. The lowest BCUT2D eigenvalue weighted by atomic mass is 10.2.